The summed E-state index contributed by atoms with van der Waals surface area (Å²) >= 11 is 0. The van der Waals surface area contributed by atoms with Gasteiger partial charge >= 0.3 is 7.82 Å². The number of hydrogen-bond donors (Lipinski definition) is 3. The Morgan fingerprint density at radius 1 is 0.547 bits per heavy atom. The van der Waals surface area contributed by atoms with Crippen LogP contribution in [0, 0.1) is 0 Å². The molecule has 0 fully saturated rings. The summed E-state index contributed by atoms with van der Waals surface area (Å²) in [6, 6.07) is -0.897. The fraction of sp³-hybridized carbons (Fsp3) is 0.545. The lowest BCUT2D eigenvalue weighted by Crippen LogP contribution is -2.45. The third-order valence-electron chi connectivity index (χ3n) is 9.50. The summed E-state index contributed by atoms with van der Waals surface area (Å²) in [7, 11) is 1.49. The molecule has 64 heavy (non-hydrogen) atoms. The quantitative estimate of drug-likeness (QED) is 0.0244. The van der Waals surface area contributed by atoms with Gasteiger partial charge in [-0.1, -0.05) is 173 Å². The lowest BCUT2D eigenvalue weighted by molar-refractivity contribution is -0.870. The van der Waals surface area contributed by atoms with E-state index in [2.05, 4.69) is 153 Å². The number of aliphatic hydroxyl groups is 1. The van der Waals surface area contributed by atoms with Gasteiger partial charge in [0.25, 0.3) is 0 Å². The molecule has 9 heteroatoms. The van der Waals surface area contributed by atoms with Crippen LogP contribution in [0.5, 0.6) is 0 Å². The molecule has 8 nitrogen and oxygen atoms in total. The number of rotatable bonds is 41. The molecule has 0 aromatic carbocycles. The van der Waals surface area contributed by atoms with Gasteiger partial charge < -0.3 is 19.8 Å². The van der Waals surface area contributed by atoms with Gasteiger partial charge in [0.1, 0.15) is 13.2 Å². The van der Waals surface area contributed by atoms with Crippen LogP contribution in [0.4, 0.5) is 0 Å². The van der Waals surface area contributed by atoms with Crippen molar-refractivity contribution >= 4 is 13.7 Å². The maximum atomic E-state index is 12.9. The Labute approximate surface area is 391 Å². The van der Waals surface area contributed by atoms with Crippen LogP contribution in [0.15, 0.2) is 146 Å². The van der Waals surface area contributed by atoms with Crippen LogP contribution in [0.25, 0.3) is 0 Å². The molecule has 0 aliphatic rings. The van der Waals surface area contributed by atoms with Crippen molar-refractivity contribution in [2.24, 2.45) is 0 Å². The number of hydrogen-bond acceptors (Lipinski definition) is 5. The van der Waals surface area contributed by atoms with Crippen molar-refractivity contribution in [3.8, 4) is 0 Å². The first-order valence-electron chi connectivity index (χ1n) is 24.2. The number of allylic oxidation sites excluding steroid dienone is 23. The minimum Gasteiger partial charge on any atom is -0.387 e. The molecule has 3 atom stereocenters. The summed E-state index contributed by atoms with van der Waals surface area (Å²) in [5, 5.41) is 13.7. The number of aliphatic hydroxyl groups excluding tert-OH is 1. The second kappa shape index (κ2) is 44.6. The molecular weight excluding hydrogens is 816 g/mol. The summed E-state index contributed by atoms with van der Waals surface area (Å²) in [5.41, 5.74) is 0. The first-order valence-corrected chi connectivity index (χ1v) is 25.7. The van der Waals surface area contributed by atoms with Gasteiger partial charge in [-0.15, -0.1) is 0 Å². The van der Waals surface area contributed by atoms with Crippen LogP contribution in [0.3, 0.4) is 0 Å². The Balaban J connectivity index is 4.37. The van der Waals surface area contributed by atoms with E-state index in [1.54, 1.807) is 6.08 Å². The normalized spacial score (nSPS) is 15.4. The number of phosphoric acid groups is 1. The third kappa shape index (κ3) is 46.4. The number of unbranched alkanes of at least 4 members (excludes halogenated alkanes) is 6. The Kier molecular flexibility index (Phi) is 42.1. The van der Waals surface area contributed by atoms with Crippen LogP contribution in [-0.2, 0) is 18.4 Å². The number of nitrogens with zero attached hydrogens (tertiary/aromatic N) is 1. The molecule has 0 aliphatic heterocycles. The van der Waals surface area contributed by atoms with Gasteiger partial charge in [-0.05, 0) is 109 Å². The molecule has 0 radical (unpaired) electrons. The van der Waals surface area contributed by atoms with Gasteiger partial charge in [0.15, 0.2) is 0 Å². The second-order valence-corrected chi connectivity index (χ2v) is 18.2. The summed E-state index contributed by atoms with van der Waals surface area (Å²) in [4.78, 5) is 23.1. The molecule has 0 aromatic heterocycles. The minimum atomic E-state index is -4.37. The van der Waals surface area contributed by atoms with Crippen molar-refractivity contribution in [2.45, 2.75) is 154 Å². The number of carbonyl (C=O) groups excluding carboxylic acids is 1. The maximum Gasteiger partial charge on any atom is 0.472 e. The van der Waals surface area contributed by atoms with Crippen LogP contribution in [0.1, 0.15) is 142 Å². The van der Waals surface area contributed by atoms with Gasteiger partial charge in [-0.25, -0.2) is 4.57 Å². The molecule has 0 rings (SSSR count). The first kappa shape index (κ1) is 60.4. The Hall–Kier alpha value is -3.62. The minimum absolute atomic E-state index is 0.0373. The molecule has 0 spiro atoms. The van der Waals surface area contributed by atoms with E-state index in [9.17, 15) is 19.4 Å². The van der Waals surface area contributed by atoms with E-state index in [4.69, 9.17) is 9.05 Å². The van der Waals surface area contributed by atoms with Crippen molar-refractivity contribution in [3.05, 3.63) is 146 Å². The lowest BCUT2D eigenvalue weighted by atomic mass is 10.1. The molecule has 1 amide bonds. The number of amides is 1. The monoisotopic (exact) mass is 906 g/mol. The standard InChI is InChI=1S/C55H89N2O6P/c1-6-8-10-12-14-16-18-19-20-21-22-23-24-25-26-27-28-29-30-31-32-33-34-35-36-37-39-41-43-45-47-49-55(59)56-53(52-63-64(60,61)62-51-50-57(3,4)5)54(58)48-46-44-42-40-38-17-15-13-11-9-7-2/h8,10-11,13-14,16,19-20,22-23,25-26,28-29,31-32,34-35,37-40,46,48,53-54,58H,6-7,9,12,15,17-18,21,24,27,30,33,36,41-45,47,49-52H2,1-5H3,(H-,56,59,60,61)/p+1/b10-8-,13-11+,16-14-,20-19-,23-22-,26-25-,29-28-,32-31-,35-34-,39-37-,40-38+,48-46+. The molecule has 0 bridgehead atoms. The summed E-state index contributed by atoms with van der Waals surface area (Å²) < 4.78 is 23.5. The predicted molar refractivity (Wildman–Crippen MR) is 276 cm³/mol. The molecule has 0 saturated heterocycles. The summed E-state index contributed by atoms with van der Waals surface area (Å²) in [6.45, 7) is 4.52. The van der Waals surface area contributed by atoms with Crippen LogP contribution >= 0.6 is 7.82 Å². The molecule has 360 valence electrons. The van der Waals surface area contributed by atoms with E-state index in [0.29, 0.717) is 23.9 Å². The number of carbonyl (C=O) groups is 1. The smallest absolute Gasteiger partial charge is 0.387 e. The Morgan fingerprint density at radius 2 is 0.953 bits per heavy atom. The van der Waals surface area contributed by atoms with Crippen LogP contribution in [0.2, 0.25) is 0 Å². The van der Waals surface area contributed by atoms with E-state index in [-0.39, 0.29) is 19.1 Å². The van der Waals surface area contributed by atoms with Crippen molar-refractivity contribution in [1.82, 2.24) is 5.32 Å². The van der Waals surface area contributed by atoms with E-state index in [1.165, 1.54) is 0 Å². The highest BCUT2D eigenvalue weighted by Crippen LogP contribution is 2.43. The average molecular weight is 906 g/mol. The van der Waals surface area contributed by atoms with Gasteiger partial charge in [0, 0.05) is 6.42 Å². The average Bonchev–Trinajstić information content (AvgIpc) is 3.25. The van der Waals surface area contributed by atoms with Crippen molar-refractivity contribution < 1.29 is 32.9 Å². The Morgan fingerprint density at radius 3 is 1.39 bits per heavy atom. The molecule has 3 unspecified atom stereocenters. The highest BCUT2D eigenvalue weighted by molar-refractivity contribution is 7.47. The molecule has 0 aromatic rings. The largest absolute Gasteiger partial charge is 0.472 e. The predicted octanol–water partition coefficient (Wildman–Crippen LogP) is 14.2. The SMILES string of the molecule is CC/C=C\C/C=C\C/C=C\C/C=C\C/C=C\C/C=C\C/C=C\C/C=C\C/C=C\CCCCCC(=O)NC(COP(=O)(O)OCC[N+](C)(C)C)C(O)/C=C/CC/C=C/CC/C=C/CCC. The van der Waals surface area contributed by atoms with E-state index in [0.717, 1.165) is 116 Å². The lowest BCUT2D eigenvalue weighted by Gasteiger charge is -2.25. The van der Waals surface area contributed by atoms with Crippen molar-refractivity contribution in [3.63, 3.8) is 0 Å². The summed E-state index contributed by atoms with van der Waals surface area (Å²) in [6.07, 6.45) is 69.4. The van der Waals surface area contributed by atoms with Gasteiger partial charge in [0.2, 0.25) is 5.91 Å². The first-order chi connectivity index (χ1) is 31.0. The van der Waals surface area contributed by atoms with Crippen LogP contribution < -0.4 is 5.32 Å². The number of likely N-dealkylation sites (N-methyl/N-ethyl adjacent to an activating group) is 1. The molecular formula is C55H90N2O6P+. The number of nitrogens with one attached hydrogen (secondary N) is 1. The van der Waals surface area contributed by atoms with Gasteiger partial charge in [-0.3, -0.25) is 13.8 Å². The van der Waals surface area contributed by atoms with Gasteiger partial charge in [0.05, 0.1) is 39.9 Å². The zero-order valence-corrected chi connectivity index (χ0v) is 41.6. The highest BCUT2D eigenvalue weighted by atomic mass is 31.2. The summed E-state index contributed by atoms with van der Waals surface area (Å²) in [5.74, 6) is -0.234. The molecule has 0 aliphatic carbocycles. The number of phosphoric ester groups is 1. The highest BCUT2D eigenvalue weighted by Gasteiger charge is 2.27. The third-order valence-corrected chi connectivity index (χ3v) is 10.5. The van der Waals surface area contributed by atoms with E-state index >= 15 is 0 Å². The van der Waals surface area contributed by atoms with Crippen LogP contribution in [-0.4, -0.2) is 73.4 Å². The second-order valence-electron chi connectivity index (χ2n) is 16.7. The molecule has 0 saturated carbocycles. The maximum absolute atomic E-state index is 12.9. The number of quaternary nitrogens is 1. The topological polar surface area (TPSA) is 105 Å². The molecule has 3 N–H and O–H groups in total. The zero-order valence-electron chi connectivity index (χ0n) is 40.7. The van der Waals surface area contributed by atoms with E-state index < -0.39 is 20.0 Å². The fourth-order valence-electron chi connectivity index (χ4n) is 5.72. The van der Waals surface area contributed by atoms with Crippen molar-refractivity contribution in [2.75, 3.05) is 40.9 Å². The zero-order chi connectivity index (χ0) is 47.1. The Bertz CT molecular complexity index is 1540. The van der Waals surface area contributed by atoms with Gasteiger partial charge in [-0.2, -0.15) is 0 Å². The fourth-order valence-corrected chi connectivity index (χ4v) is 6.45. The van der Waals surface area contributed by atoms with Crippen molar-refractivity contribution in [1.29, 1.82) is 0 Å². The molecule has 0 heterocycles. The van der Waals surface area contributed by atoms with E-state index in [1.807, 2.05) is 27.2 Å².